The Bertz CT molecular complexity index is 532. The summed E-state index contributed by atoms with van der Waals surface area (Å²) >= 11 is 0. The summed E-state index contributed by atoms with van der Waals surface area (Å²) in [6.07, 6.45) is 1.27. The van der Waals surface area contributed by atoms with E-state index in [1.165, 1.54) is 5.69 Å². The number of benzene rings is 1. The van der Waals surface area contributed by atoms with Gasteiger partial charge in [0.1, 0.15) is 6.10 Å². The van der Waals surface area contributed by atoms with Crippen molar-refractivity contribution in [2.45, 2.75) is 31.6 Å². The van der Waals surface area contributed by atoms with E-state index in [-0.39, 0.29) is 18.1 Å². The first-order chi connectivity index (χ1) is 11.3. The van der Waals surface area contributed by atoms with E-state index in [1.54, 1.807) is 0 Å². The summed E-state index contributed by atoms with van der Waals surface area (Å²) in [5, 5.41) is 3.00. The van der Waals surface area contributed by atoms with E-state index < -0.39 is 0 Å². The Balaban J connectivity index is 1.58. The van der Waals surface area contributed by atoms with Crippen molar-refractivity contribution in [3.05, 3.63) is 29.8 Å². The molecule has 0 radical (unpaired) electrons. The van der Waals surface area contributed by atoms with Crippen molar-refractivity contribution in [1.29, 1.82) is 0 Å². The van der Waals surface area contributed by atoms with E-state index in [0.717, 1.165) is 44.7 Å². The SMILES string of the molecule is NC[C@H]1CC[C@@H](C(=O)NCc2ccccc2N2CCOCC2)O1. The van der Waals surface area contributed by atoms with Crippen LogP contribution in [0.5, 0.6) is 0 Å². The van der Waals surface area contributed by atoms with Crippen molar-refractivity contribution in [2.75, 3.05) is 37.7 Å². The molecule has 2 heterocycles. The van der Waals surface area contributed by atoms with Crippen LogP contribution in [0, 0.1) is 0 Å². The van der Waals surface area contributed by atoms with Crippen molar-refractivity contribution in [3.63, 3.8) is 0 Å². The monoisotopic (exact) mass is 319 g/mol. The van der Waals surface area contributed by atoms with Crippen LogP contribution in [0.2, 0.25) is 0 Å². The van der Waals surface area contributed by atoms with Crippen molar-refractivity contribution in [3.8, 4) is 0 Å². The van der Waals surface area contributed by atoms with Gasteiger partial charge in [-0.25, -0.2) is 0 Å². The maximum atomic E-state index is 12.3. The molecule has 3 rings (SSSR count). The highest BCUT2D eigenvalue weighted by molar-refractivity contribution is 5.81. The molecule has 0 aliphatic carbocycles. The highest BCUT2D eigenvalue weighted by Gasteiger charge is 2.29. The van der Waals surface area contributed by atoms with Gasteiger partial charge in [-0.3, -0.25) is 4.79 Å². The average molecular weight is 319 g/mol. The van der Waals surface area contributed by atoms with Gasteiger partial charge in [-0.05, 0) is 24.5 Å². The predicted octanol–water partition coefficient (Wildman–Crippen LogP) is 0.646. The van der Waals surface area contributed by atoms with Crippen LogP contribution >= 0.6 is 0 Å². The van der Waals surface area contributed by atoms with E-state index in [2.05, 4.69) is 22.3 Å². The molecule has 2 aliphatic heterocycles. The van der Waals surface area contributed by atoms with Crippen molar-refractivity contribution in [2.24, 2.45) is 5.73 Å². The lowest BCUT2D eigenvalue weighted by Crippen LogP contribution is -2.38. The average Bonchev–Trinajstić information content (AvgIpc) is 3.10. The number of hydrogen-bond donors (Lipinski definition) is 2. The van der Waals surface area contributed by atoms with E-state index in [1.807, 2.05) is 12.1 Å². The minimum atomic E-state index is -0.362. The first-order valence-corrected chi connectivity index (χ1v) is 8.32. The first kappa shape index (κ1) is 16.2. The largest absolute Gasteiger partial charge is 0.378 e. The van der Waals surface area contributed by atoms with Gasteiger partial charge in [-0.15, -0.1) is 0 Å². The van der Waals surface area contributed by atoms with E-state index in [4.69, 9.17) is 15.2 Å². The summed E-state index contributed by atoms with van der Waals surface area (Å²) in [5.74, 6) is -0.0438. The highest BCUT2D eigenvalue weighted by atomic mass is 16.5. The lowest BCUT2D eigenvalue weighted by molar-refractivity contribution is -0.132. The fourth-order valence-corrected chi connectivity index (χ4v) is 3.14. The van der Waals surface area contributed by atoms with Gasteiger partial charge in [0, 0.05) is 31.9 Å². The number of ether oxygens (including phenoxy) is 2. The van der Waals surface area contributed by atoms with Gasteiger partial charge < -0.3 is 25.4 Å². The zero-order valence-corrected chi connectivity index (χ0v) is 13.4. The number of nitrogens with one attached hydrogen (secondary N) is 1. The molecule has 2 fully saturated rings. The minimum Gasteiger partial charge on any atom is -0.378 e. The molecule has 0 spiro atoms. The van der Waals surface area contributed by atoms with Crippen LogP contribution in [-0.4, -0.2) is 51.0 Å². The van der Waals surface area contributed by atoms with Crippen LogP contribution in [0.4, 0.5) is 5.69 Å². The molecule has 2 atom stereocenters. The maximum absolute atomic E-state index is 12.3. The molecule has 3 N–H and O–H groups in total. The zero-order chi connectivity index (χ0) is 16.1. The first-order valence-electron chi connectivity index (χ1n) is 8.32. The van der Waals surface area contributed by atoms with Crippen LogP contribution in [0.15, 0.2) is 24.3 Å². The van der Waals surface area contributed by atoms with Crippen LogP contribution in [-0.2, 0) is 20.8 Å². The normalized spacial score (nSPS) is 24.7. The smallest absolute Gasteiger partial charge is 0.249 e. The third-order valence-electron chi connectivity index (χ3n) is 4.46. The van der Waals surface area contributed by atoms with Crippen LogP contribution in [0.25, 0.3) is 0 Å². The summed E-state index contributed by atoms with van der Waals surface area (Å²) < 4.78 is 11.1. The molecular formula is C17H25N3O3. The number of morpholine rings is 1. The highest BCUT2D eigenvalue weighted by Crippen LogP contribution is 2.22. The van der Waals surface area contributed by atoms with Gasteiger partial charge in [0.2, 0.25) is 5.91 Å². The predicted molar refractivity (Wildman–Crippen MR) is 88.3 cm³/mol. The molecule has 0 unspecified atom stereocenters. The molecule has 0 bridgehead atoms. The van der Waals surface area contributed by atoms with Gasteiger partial charge >= 0.3 is 0 Å². The number of rotatable bonds is 5. The van der Waals surface area contributed by atoms with Crippen molar-refractivity contribution < 1.29 is 14.3 Å². The summed E-state index contributed by atoms with van der Waals surface area (Å²) in [6.45, 7) is 4.25. The molecule has 126 valence electrons. The Morgan fingerprint density at radius 1 is 1.26 bits per heavy atom. The zero-order valence-electron chi connectivity index (χ0n) is 13.4. The van der Waals surface area contributed by atoms with E-state index in [9.17, 15) is 4.79 Å². The summed E-state index contributed by atoms with van der Waals surface area (Å²) in [5.41, 5.74) is 7.88. The van der Waals surface area contributed by atoms with Gasteiger partial charge in [0.05, 0.1) is 19.3 Å². The standard InChI is InChI=1S/C17H25N3O3/c18-11-14-5-6-16(23-14)17(21)19-12-13-3-1-2-4-15(13)20-7-9-22-10-8-20/h1-4,14,16H,5-12,18H2,(H,19,21)/t14-,16+/m1/s1. The van der Waals surface area contributed by atoms with Crippen molar-refractivity contribution >= 4 is 11.6 Å². The molecule has 6 nitrogen and oxygen atoms in total. The second-order valence-electron chi connectivity index (χ2n) is 6.01. The molecule has 1 amide bonds. The topological polar surface area (TPSA) is 76.8 Å². The summed E-state index contributed by atoms with van der Waals surface area (Å²) in [7, 11) is 0. The quantitative estimate of drug-likeness (QED) is 0.833. The molecule has 1 aromatic rings. The Kier molecular flexibility index (Phi) is 5.48. The number of amides is 1. The Morgan fingerprint density at radius 3 is 2.78 bits per heavy atom. The second-order valence-corrected chi connectivity index (χ2v) is 6.01. The third-order valence-corrected chi connectivity index (χ3v) is 4.46. The number of nitrogens with two attached hydrogens (primary N) is 1. The van der Waals surface area contributed by atoms with Gasteiger partial charge in [-0.1, -0.05) is 18.2 Å². The van der Waals surface area contributed by atoms with Crippen LogP contribution < -0.4 is 16.0 Å². The summed E-state index contributed by atoms with van der Waals surface area (Å²) in [4.78, 5) is 14.6. The number of para-hydroxylation sites is 1. The third kappa shape index (κ3) is 4.02. The molecule has 2 aliphatic rings. The van der Waals surface area contributed by atoms with E-state index >= 15 is 0 Å². The van der Waals surface area contributed by atoms with Crippen LogP contribution in [0.1, 0.15) is 18.4 Å². The Labute approximate surface area is 136 Å². The maximum Gasteiger partial charge on any atom is 0.249 e. The fraction of sp³-hybridized carbons (Fsp3) is 0.588. The second kappa shape index (κ2) is 7.77. The molecule has 2 saturated heterocycles. The molecule has 0 saturated carbocycles. The number of carbonyl (C=O) groups excluding carboxylic acids is 1. The summed E-state index contributed by atoms with van der Waals surface area (Å²) in [6, 6.07) is 8.19. The van der Waals surface area contributed by atoms with Gasteiger partial charge in [0.25, 0.3) is 0 Å². The van der Waals surface area contributed by atoms with Gasteiger partial charge in [0.15, 0.2) is 0 Å². The fourth-order valence-electron chi connectivity index (χ4n) is 3.14. The lowest BCUT2D eigenvalue weighted by Gasteiger charge is -2.30. The van der Waals surface area contributed by atoms with Crippen molar-refractivity contribution in [1.82, 2.24) is 5.32 Å². The Morgan fingerprint density at radius 2 is 2.04 bits per heavy atom. The lowest BCUT2D eigenvalue weighted by atomic mass is 10.1. The van der Waals surface area contributed by atoms with E-state index in [0.29, 0.717) is 13.1 Å². The van der Waals surface area contributed by atoms with Crippen LogP contribution in [0.3, 0.4) is 0 Å². The molecule has 0 aromatic heterocycles. The number of carbonyl (C=O) groups is 1. The Hall–Kier alpha value is -1.63. The molecule has 23 heavy (non-hydrogen) atoms. The number of nitrogens with zero attached hydrogens (tertiary/aromatic N) is 1. The molecule has 1 aromatic carbocycles. The van der Waals surface area contributed by atoms with Gasteiger partial charge in [-0.2, -0.15) is 0 Å². The molecular weight excluding hydrogens is 294 g/mol. The minimum absolute atomic E-state index is 0.0198. The number of hydrogen-bond acceptors (Lipinski definition) is 5. The molecule has 6 heteroatoms. The number of anilines is 1.